The number of aromatic nitrogens is 2. The molecule has 1 aromatic heterocycles. The third-order valence-electron chi connectivity index (χ3n) is 4.20. The second kappa shape index (κ2) is 7.99. The molecule has 3 aromatic rings. The van der Waals surface area contributed by atoms with E-state index in [0.29, 0.717) is 40.7 Å². The van der Waals surface area contributed by atoms with Crippen molar-refractivity contribution in [2.45, 2.75) is 13.5 Å². The van der Waals surface area contributed by atoms with Crippen LogP contribution in [0.25, 0.3) is 10.9 Å². The van der Waals surface area contributed by atoms with Gasteiger partial charge in [0.1, 0.15) is 0 Å². The Morgan fingerprint density at radius 3 is 2.61 bits per heavy atom. The van der Waals surface area contributed by atoms with E-state index < -0.39 is 0 Å². The molecule has 0 saturated heterocycles. The van der Waals surface area contributed by atoms with E-state index in [1.807, 2.05) is 36.2 Å². The highest BCUT2D eigenvalue weighted by molar-refractivity contribution is 5.83. The first-order chi connectivity index (χ1) is 13.4. The van der Waals surface area contributed by atoms with Crippen LogP contribution in [0.5, 0.6) is 11.5 Å². The average molecular weight is 381 g/mol. The molecule has 0 atom stereocenters. The summed E-state index contributed by atoms with van der Waals surface area (Å²) in [5.41, 5.74) is 7.73. The van der Waals surface area contributed by atoms with E-state index in [1.165, 1.54) is 7.11 Å². The number of benzene rings is 2. The van der Waals surface area contributed by atoms with Crippen molar-refractivity contribution < 1.29 is 9.47 Å². The first-order valence-electron chi connectivity index (χ1n) is 8.68. The molecule has 0 saturated carbocycles. The van der Waals surface area contributed by atoms with Gasteiger partial charge in [0.25, 0.3) is 5.56 Å². The minimum absolute atomic E-state index is 0.245. The summed E-state index contributed by atoms with van der Waals surface area (Å²) in [5.74, 6) is 1.95. The number of aliphatic imine (C=N–C) groups is 1. The molecule has 1 heterocycles. The number of amidine groups is 1. The van der Waals surface area contributed by atoms with Gasteiger partial charge in [-0.2, -0.15) is 0 Å². The van der Waals surface area contributed by atoms with Crippen molar-refractivity contribution in [2.75, 3.05) is 26.2 Å². The number of aromatic amines is 1. The number of H-pyrrole nitrogens is 1. The van der Waals surface area contributed by atoms with E-state index in [1.54, 1.807) is 26.2 Å². The number of methoxy groups -OCH3 is 2. The number of nitrogens with one attached hydrogen (secondary N) is 1. The Hall–Kier alpha value is -3.55. The molecule has 146 valence electrons. The van der Waals surface area contributed by atoms with Gasteiger partial charge in [0.2, 0.25) is 5.95 Å². The summed E-state index contributed by atoms with van der Waals surface area (Å²) in [6.45, 7) is 2.28. The van der Waals surface area contributed by atoms with Crippen molar-refractivity contribution in [1.82, 2.24) is 9.97 Å². The van der Waals surface area contributed by atoms with Crippen molar-refractivity contribution >= 4 is 28.4 Å². The van der Waals surface area contributed by atoms with Crippen LogP contribution in [0.2, 0.25) is 0 Å². The lowest BCUT2D eigenvalue weighted by Crippen LogP contribution is -2.22. The lowest BCUT2D eigenvalue weighted by atomic mass is 10.2. The SMILES string of the molecule is COc1cc2nc(N(C)Cc3cccc(N=C(C)N)c3)[nH]c(=O)c2cc1OC. The number of nitrogens with two attached hydrogens (primary N) is 1. The second-order valence-electron chi connectivity index (χ2n) is 6.39. The predicted octanol–water partition coefficient (Wildman–Crippen LogP) is 2.59. The third-order valence-corrected chi connectivity index (χ3v) is 4.20. The molecule has 3 N–H and O–H groups in total. The van der Waals surface area contributed by atoms with Crippen LogP contribution in [0.4, 0.5) is 11.6 Å². The van der Waals surface area contributed by atoms with Gasteiger partial charge in [0.05, 0.1) is 36.6 Å². The Morgan fingerprint density at radius 2 is 1.93 bits per heavy atom. The standard InChI is InChI=1S/C20H23N5O3/c1-12(21)22-14-7-5-6-13(8-14)11-25(2)20-23-16-10-18(28-4)17(27-3)9-15(16)19(26)24-20/h5-10H,11H2,1-4H3,(H2,21,22)(H,23,24,26). The first kappa shape index (κ1) is 19.2. The molecule has 3 rings (SSSR count). The molecule has 0 aliphatic carbocycles. The van der Waals surface area contributed by atoms with Crippen LogP contribution in [-0.4, -0.2) is 37.1 Å². The van der Waals surface area contributed by atoms with Crippen LogP contribution < -0.4 is 25.7 Å². The molecular formula is C20H23N5O3. The summed E-state index contributed by atoms with van der Waals surface area (Å²) >= 11 is 0. The van der Waals surface area contributed by atoms with Crippen LogP contribution in [0.3, 0.4) is 0 Å². The van der Waals surface area contributed by atoms with E-state index in [4.69, 9.17) is 15.2 Å². The Kier molecular flexibility index (Phi) is 5.49. The molecule has 0 spiro atoms. The molecular weight excluding hydrogens is 358 g/mol. The van der Waals surface area contributed by atoms with Crippen molar-refractivity contribution in [1.29, 1.82) is 0 Å². The number of rotatable bonds is 6. The molecule has 0 radical (unpaired) electrons. The quantitative estimate of drug-likeness (QED) is 0.502. The fourth-order valence-corrected chi connectivity index (χ4v) is 2.91. The van der Waals surface area contributed by atoms with Gasteiger partial charge < -0.3 is 20.1 Å². The van der Waals surface area contributed by atoms with Crippen LogP contribution in [0.1, 0.15) is 12.5 Å². The van der Waals surface area contributed by atoms with Crippen molar-refractivity contribution in [3.05, 3.63) is 52.3 Å². The monoisotopic (exact) mass is 381 g/mol. The largest absolute Gasteiger partial charge is 0.493 e. The van der Waals surface area contributed by atoms with Crippen LogP contribution in [0.15, 0.2) is 46.2 Å². The molecule has 0 aliphatic rings. The van der Waals surface area contributed by atoms with Gasteiger partial charge in [0, 0.05) is 19.7 Å². The second-order valence-corrected chi connectivity index (χ2v) is 6.39. The summed E-state index contributed by atoms with van der Waals surface area (Å²) in [6.07, 6.45) is 0. The topological polar surface area (TPSA) is 106 Å². The number of nitrogens with zero attached hydrogens (tertiary/aromatic N) is 3. The molecule has 0 unspecified atom stereocenters. The Bertz CT molecular complexity index is 1090. The first-order valence-corrected chi connectivity index (χ1v) is 8.68. The Morgan fingerprint density at radius 1 is 1.21 bits per heavy atom. The van der Waals surface area contributed by atoms with Crippen molar-refractivity contribution in [3.8, 4) is 11.5 Å². The van der Waals surface area contributed by atoms with E-state index >= 15 is 0 Å². The Balaban J connectivity index is 1.95. The lowest BCUT2D eigenvalue weighted by molar-refractivity contribution is 0.355. The lowest BCUT2D eigenvalue weighted by Gasteiger charge is -2.18. The zero-order valence-corrected chi connectivity index (χ0v) is 16.3. The van der Waals surface area contributed by atoms with E-state index in [-0.39, 0.29) is 5.56 Å². The van der Waals surface area contributed by atoms with E-state index in [2.05, 4.69) is 15.0 Å². The highest BCUT2D eigenvalue weighted by Crippen LogP contribution is 2.30. The van der Waals surface area contributed by atoms with Gasteiger partial charge in [-0.3, -0.25) is 9.78 Å². The van der Waals surface area contributed by atoms with Gasteiger partial charge in [-0.15, -0.1) is 0 Å². The third kappa shape index (κ3) is 4.06. The van der Waals surface area contributed by atoms with Gasteiger partial charge in [-0.1, -0.05) is 12.1 Å². The fraction of sp³-hybridized carbons (Fsp3) is 0.250. The maximum atomic E-state index is 12.5. The maximum absolute atomic E-state index is 12.5. The molecule has 8 heteroatoms. The van der Waals surface area contributed by atoms with Crippen LogP contribution in [0, 0.1) is 0 Å². The molecule has 8 nitrogen and oxygen atoms in total. The van der Waals surface area contributed by atoms with Gasteiger partial charge in [0.15, 0.2) is 11.5 Å². The highest BCUT2D eigenvalue weighted by Gasteiger charge is 2.13. The summed E-state index contributed by atoms with van der Waals surface area (Å²) in [6, 6.07) is 11.0. The zero-order chi connectivity index (χ0) is 20.3. The predicted molar refractivity (Wildman–Crippen MR) is 111 cm³/mol. The van der Waals surface area contributed by atoms with E-state index in [9.17, 15) is 4.79 Å². The molecule has 0 bridgehead atoms. The number of hydrogen-bond acceptors (Lipinski definition) is 6. The molecule has 0 aliphatic heterocycles. The molecule has 0 amide bonds. The summed E-state index contributed by atoms with van der Waals surface area (Å²) < 4.78 is 10.6. The number of ether oxygens (including phenoxy) is 2. The zero-order valence-electron chi connectivity index (χ0n) is 16.3. The average Bonchev–Trinajstić information content (AvgIpc) is 2.66. The number of fused-ring (bicyclic) bond motifs is 1. The maximum Gasteiger partial charge on any atom is 0.260 e. The van der Waals surface area contributed by atoms with Crippen molar-refractivity contribution in [2.24, 2.45) is 10.7 Å². The van der Waals surface area contributed by atoms with Gasteiger partial charge in [-0.05, 0) is 30.7 Å². The smallest absolute Gasteiger partial charge is 0.260 e. The van der Waals surface area contributed by atoms with Gasteiger partial charge >= 0.3 is 0 Å². The van der Waals surface area contributed by atoms with E-state index in [0.717, 1.165) is 11.3 Å². The summed E-state index contributed by atoms with van der Waals surface area (Å²) in [4.78, 5) is 26.1. The minimum atomic E-state index is -0.245. The molecule has 2 aromatic carbocycles. The minimum Gasteiger partial charge on any atom is -0.493 e. The normalized spacial score (nSPS) is 11.5. The fourth-order valence-electron chi connectivity index (χ4n) is 2.91. The number of anilines is 1. The van der Waals surface area contributed by atoms with Crippen molar-refractivity contribution in [3.63, 3.8) is 0 Å². The van der Waals surface area contributed by atoms with Crippen LogP contribution in [-0.2, 0) is 6.54 Å². The number of hydrogen-bond donors (Lipinski definition) is 2. The summed E-state index contributed by atoms with van der Waals surface area (Å²) in [5, 5.41) is 0.435. The highest BCUT2D eigenvalue weighted by atomic mass is 16.5. The van der Waals surface area contributed by atoms with Gasteiger partial charge in [-0.25, -0.2) is 9.98 Å². The molecule has 0 fully saturated rings. The Labute approximate surface area is 162 Å². The molecule has 28 heavy (non-hydrogen) atoms. The summed E-state index contributed by atoms with van der Waals surface area (Å²) in [7, 11) is 4.93. The van der Waals surface area contributed by atoms with Crippen LogP contribution >= 0.6 is 0 Å².